The van der Waals surface area contributed by atoms with Crippen LogP contribution in [0, 0.1) is 11.8 Å². The summed E-state index contributed by atoms with van der Waals surface area (Å²) in [7, 11) is 4.66. The number of aliphatic carboxylic acids is 1. The lowest BCUT2D eigenvalue weighted by Crippen LogP contribution is -2.56. The van der Waals surface area contributed by atoms with Gasteiger partial charge in [0.05, 0.1) is 30.7 Å². The first-order valence-corrected chi connectivity index (χ1v) is 13.5. The average molecular weight is 546 g/mol. The molecule has 0 aliphatic heterocycles. The van der Waals surface area contributed by atoms with Gasteiger partial charge in [-0.25, -0.2) is 9.59 Å². The van der Waals surface area contributed by atoms with Gasteiger partial charge in [-0.05, 0) is 59.5 Å². The molecule has 0 aliphatic rings. The molecule has 0 saturated heterocycles. The highest BCUT2D eigenvalue weighted by molar-refractivity contribution is 5.94. The normalized spacial score (nSPS) is 18.7. The van der Waals surface area contributed by atoms with E-state index in [1.807, 2.05) is 13.8 Å². The molecular formula is C27H51N3O8. The van der Waals surface area contributed by atoms with Crippen LogP contribution in [0.25, 0.3) is 0 Å². The van der Waals surface area contributed by atoms with Crippen LogP contribution in [0.1, 0.15) is 80.1 Å². The van der Waals surface area contributed by atoms with Crippen LogP contribution >= 0.6 is 0 Å². The number of amides is 1. The smallest absolute Gasteiger partial charge is 0.348 e. The number of ketones is 1. The summed E-state index contributed by atoms with van der Waals surface area (Å²) in [6.45, 7) is 10.2. The van der Waals surface area contributed by atoms with Crippen LogP contribution < -0.4 is 10.6 Å². The molecule has 0 aliphatic carbocycles. The van der Waals surface area contributed by atoms with Gasteiger partial charge in [-0.3, -0.25) is 9.59 Å². The average Bonchev–Trinajstić information content (AvgIpc) is 2.82. The van der Waals surface area contributed by atoms with Crippen molar-refractivity contribution in [3.63, 3.8) is 0 Å². The summed E-state index contributed by atoms with van der Waals surface area (Å²) in [6, 6.07) is -2.43. The monoisotopic (exact) mass is 545 g/mol. The van der Waals surface area contributed by atoms with E-state index >= 15 is 0 Å². The maximum Gasteiger partial charge on any atom is 0.348 e. The first kappa shape index (κ1) is 35.9. The van der Waals surface area contributed by atoms with Crippen molar-refractivity contribution in [3.8, 4) is 0 Å². The number of hydrogen-bond acceptors (Lipinski definition) is 9. The van der Waals surface area contributed by atoms with Gasteiger partial charge >= 0.3 is 11.9 Å². The number of carboxylic acid groups (broad SMARTS) is 1. The van der Waals surface area contributed by atoms with Crippen molar-refractivity contribution in [3.05, 3.63) is 0 Å². The highest BCUT2D eigenvalue weighted by Crippen LogP contribution is 2.29. The maximum atomic E-state index is 13.7. The molecule has 0 bridgehead atoms. The van der Waals surface area contributed by atoms with Crippen molar-refractivity contribution < 1.29 is 39.2 Å². The van der Waals surface area contributed by atoms with E-state index in [1.54, 1.807) is 34.9 Å². The third-order valence-corrected chi connectivity index (χ3v) is 7.27. The van der Waals surface area contributed by atoms with Crippen LogP contribution in [0.5, 0.6) is 0 Å². The van der Waals surface area contributed by atoms with Crippen molar-refractivity contribution in [2.24, 2.45) is 11.8 Å². The molecule has 0 rings (SSSR count). The van der Waals surface area contributed by atoms with Gasteiger partial charge in [0.1, 0.15) is 6.04 Å². The van der Waals surface area contributed by atoms with E-state index in [-0.39, 0.29) is 5.92 Å². The Morgan fingerprint density at radius 1 is 0.921 bits per heavy atom. The molecule has 0 aromatic rings. The fourth-order valence-electron chi connectivity index (χ4n) is 4.71. The van der Waals surface area contributed by atoms with E-state index in [0.717, 1.165) is 0 Å². The number of hydrogen-bond donors (Lipinski definition) is 5. The molecule has 0 aromatic carbocycles. The number of likely N-dealkylation sites (N-methyl/N-ethyl adjacent to an activating group) is 3. The number of aliphatic hydroxyl groups is 2. The lowest BCUT2D eigenvalue weighted by Gasteiger charge is -2.37. The molecular weight excluding hydrogens is 494 g/mol. The number of nitrogens with one attached hydrogen (secondary N) is 2. The topological polar surface area (TPSA) is 165 Å². The Morgan fingerprint density at radius 2 is 1.50 bits per heavy atom. The second-order valence-electron chi connectivity index (χ2n) is 10.7. The van der Waals surface area contributed by atoms with E-state index in [9.17, 15) is 34.5 Å². The summed E-state index contributed by atoms with van der Waals surface area (Å²) < 4.78 is 5.67. The van der Waals surface area contributed by atoms with Crippen molar-refractivity contribution in [1.29, 1.82) is 0 Å². The first-order chi connectivity index (χ1) is 17.6. The van der Waals surface area contributed by atoms with Gasteiger partial charge < -0.3 is 35.6 Å². The minimum absolute atomic E-state index is 0.102. The third kappa shape index (κ3) is 10.6. The molecule has 8 atom stereocenters. The Kier molecular flexibility index (Phi) is 15.9. The fourth-order valence-corrected chi connectivity index (χ4v) is 4.71. The lowest BCUT2D eigenvalue weighted by atomic mass is 9.84. The number of ether oxygens (including phenoxy) is 1. The molecule has 1 amide bonds. The minimum Gasteiger partial charge on any atom is -0.478 e. The number of carbonyl (C=O) groups is 4. The predicted octanol–water partition coefficient (Wildman–Crippen LogP) is 1.34. The van der Waals surface area contributed by atoms with Crippen molar-refractivity contribution in [2.75, 3.05) is 21.1 Å². The molecule has 0 spiro atoms. The zero-order valence-electron chi connectivity index (χ0n) is 24.6. The number of carboxylic acids is 1. The summed E-state index contributed by atoms with van der Waals surface area (Å²) in [4.78, 5) is 53.8. The van der Waals surface area contributed by atoms with Crippen molar-refractivity contribution in [2.45, 2.75) is 116 Å². The molecule has 3 unspecified atom stereocenters. The van der Waals surface area contributed by atoms with Gasteiger partial charge in [0.15, 0.2) is 5.78 Å². The van der Waals surface area contributed by atoms with Crippen LogP contribution in [-0.4, -0.2) is 101 Å². The second kappa shape index (κ2) is 16.8. The van der Waals surface area contributed by atoms with Crippen LogP contribution in [0.2, 0.25) is 0 Å². The zero-order valence-corrected chi connectivity index (χ0v) is 24.6. The lowest BCUT2D eigenvalue weighted by molar-refractivity contribution is -0.189. The van der Waals surface area contributed by atoms with Crippen LogP contribution in [-0.2, 0) is 23.9 Å². The second-order valence-corrected chi connectivity index (χ2v) is 10.7. The molecule has 38 heavy (non-hydrogen) atoms. The molecule has 11 heteroatoms. The molecule has 222 valence electrons. The van der Waals surface area contributed by atoms with E-state index in [4.69, 9.17) is 4.74 Å². The Morgan fingerprint density at radius 3 is 1.92 bits per heavy atom. The minimum atomic E-state index is -2.32. The standard InChI is InChI=1S/C27H51N3O8/c1-10-16(2)22(29-8)21(33)15-27(26(36)37,14-19(5)32)38-25(35)23(17(3)12-11-13-18(4)31)30(9)24(34)20(6)28-7/h16-20,22-23,28-29,31-32H,10-15H2,1-9H3,(H,36,37)/t16-,17-,18?,19?,20-,22-,23-,27?/m0/s1. The molecule has 5 N–H and O–H groups in total. The Balaban J connectivity index is 6.41. The predicted molar refractivity (Wildman–Crippen MR) is 144 cm³/mol. The van der Waals surface area contributed by atoms with Crippen molar-refractivity contribution in [1.82, 2.24) is 15.5 Å². The summed E-state index contributed by atoms with van der Waals surface area (Å²) in [5.41, 5.74) is -2.32. The Bertz CT molecular complexity index is 775. The van der Waals surface area contributed by atoms with E-state index < -0.39 is 78.3 Å². The molecule has 11 nitrogen and oxygen atoms in total. The molecule has 0 radical (unpaired) electrons. The zero-order chi connectivity index (χ0) is 29.8. The van der Waals surface area contributed by atoms with E-state index in [2.05, 4.69) is 10.6 Å². The maximum absolute atomic E-state index is 13.7. The van der Waals surface area contributed by atoms with Gasteiger partial charge in [-0.15, -0.1) is 0 Å². The fraction of sp³-hybridized carbons (Fsp3) is 0.852. The number of rotatable bonds is 19. The largest absolute Gasteiger partial charge is 0.478 e. The summed E-state index contributed by atoms with van der Waals surface area (Å²) in [6.07, 6.45) is -0.661. The quantitative estimate of drug-likeness (QED) is 0.150. The van der Waals surface area contributed by atoms with E-state index in [1.165, 1.54) is 18.9 Å². The SMILES string of the molecule is CC[C@H](C)[C@H](NC)C(=O)CC(CC(C)O)(OC(=O)[C@H]([C@@H](C)CCCC(C)O)N(C)C(=O)[C@H](C)NC)C(=O)O. The first-order valence-electron chi connectivity index (χ1n) is 13.5. The molecule has 0 fully saturated rings. The summed E-state index contributed by atoms with van der Waals surface area (Å²) in [5, 5.41) is 35.8. The van der Waals surface area contributed by atoms with E-state index in [0.29, 0.717) is 25.7 Å². The van der Waals surface area contributed by atoms with Crippen LogP contribution in [0.15, 0.2) is 0 Å². The Hall–Kier alpha value is -2.08. The number of Topliss-reactive ketones (excluding diaryl/α,β-unsaturated/α-hetero) is 1. The van der Waals surface area contributed by atoms with Gasteiger partial charge in [-0.2, -0.15) is 0 Å². The van der Waals surface area contributed by atoms with Crippen molar-refractivity contribution >= 4 is 23.6 Å². The molecule has 0 aromatic heterocycles. The number of esters is 1. The third-order valence-electron chi connectivity index (χ3n) is 7.27. The highest BCUT2D eigenvalue weighted by atomic mass is 16.6. The highest BCUT2D eigenvalue weighted by Gasteiger charge is 2.49. The number of nitrogens with zero attached hydrogens (tertiary/aromatic N) is 1. The molecule has 0 saturated carbocycles. The van der Waals surface area contributed by atoms with Gasteiger partial charge in [0.25, 0.3) is 0 Å². The van der Waals surface area contributed by atoms with Crippen LogP contribution in [0.3, 0.4) is 0 Å². The van der Waals surface area contributed by atoms with Gasteiger partial charge in [0, 0.05) is 13.5 Å². The van der Waals surface area contributed by atoms with Gasteiger partial charge in [0.2, 0.25) is 11.5 Å². The summed E-state index contributed by atoms with van der Waals surface area (Å²) >= 11 is 0. The molecule has 0 heterocycles. The summed E-state index contributed by atoms with van der Waals surface area (Å²) in [5.74, 6) is -3.90. The van der Waals surface area contributed by atoms with Gasteiger partial charge in [-0.1, -0.05) is 33.6 Å². The number of carbonyl (C=O) groups excluding carboxylic acids is 3. The number of aliphatic hydroxyl groups excluding tert-OH is 2. The Labute approximate surface area is 227 Å². The van der Waals surface area contributed by atoms with Crippen LogP contribution in [0.4, 0.5) is 0 Å².